The maximum atomic E-state index is 9.04. The van der Waals surface area contributed by atoms with Crippen LogP contribution < -0.4 is 5.11 Å². The van der Waals surface area contributed by atoms with Gasteiger partial charge in [-0.3, -0.25) is 0 Å². The summed E-state index contributed by atoms with van der Waals surface area (Å²) >= 11 is 0. The Labute approximate surface area is 114 Å². The number of aliphatic carboxylic acids is 2. The van der Waals surface area contributed by atoms with Crippen molar-refractivity contribution in [2.75, 3.05) is 19.8 Å². The van der Waals surface area contributed by atoms with Crippen LogP contribution in [0.3, 0.4) is 0 Å². The van der Waals surface area contributed by atoms with Crippen LogP contribution in [0.15, 0.2) is 12.4 Å². The van der Waals surface area contributed by atoms with E-state index in [1.165, 1.54) is 13.1 Å². The second-order valence-electron chi connectivity index (χ2n) is 5.36. The quantitative estimate of drug-likeness (QED) is 0.734. The molecule has 6 nitrogen and oxygen atoms in total. The second-order valence-corrected chi connectivity index (χ2v) is 5.36. The van der Waals surface area contributed by atoms with Crippen molar-refractivity contribution < 1.29 is 19.8 Å². The van der Waals surface area contributed by atoms with Crippen molar-refractivity contribution in [3.05, 3.63) is 12.4 Å². The van der Waals surface area contributed by atoms with E-state index >= 15 is 0 Å². The van der Waals surface area contributed by atoms with Crippen LogP contribution in [-0.2, 0) is 9.59 Å². The number of hydrogen-bond donors (Lipinski definition) is 1. The van der Waals surface area contributed by atoms with E-state index in [4.69, 9.17) is 19.8 Å². The molecule has 0 bridgehead atoms. The van der Waals surface area contributed by atoms with Gasteiger partial charge in [-0.1, -0.05) is 27.7 Å². The van der Waals surface area contributed by atoms with E-state index in [9.17, 15) is 0 Å². The van der Waals surface area contributed by atoms with E-state index in [0.717, 1.165) is 18.5 Å². The Kier molecular flexibility index (Phi) is 7.63. The molecular weight excluding hydrogens is 248 g/mol. The molecule has 1 aliphatic rings. The Morgan fingerprint density at radius 2 is 1.42 bits per heavy atom. The minimum absolute atomic E-state index is 0.753. The Morgan fingerprint density at radius 1 is 1.11 bits per heavy atom. The van der Waals surface area contributed by atoms with Gasteiger partial charge in [0.15, 0.2) is 5.97 Å². The Balaban J connectivity index is 0.000000459. The number of carboxylic acids is 2. The normalized spacial score (nSPS) is 13.8. The molecule has 0 saturated carbocycles. The van der Waals surface area contributed by atoms with Crippen LogP contribution in [0.5, 0.6) is 0 Å². The van der Waals surface area contributed by atoms with Gasteiger partial charge in [-0.15, -0.1) is 0 Å². The molecule has 0 aromatic rings. The number of carboxylic acid groups (broad SMARTS) is 2. The molecule has 0 unspecified atom stereocenters. The van der Waals surface area contributed by atoms with Crippen LogP contribution in [0.1, 0.15) is 27.7 Å². The van der Waals surface area contributed by atoms with Crippen LogP contribution >= 0.6 is 0 Å². The third-order valence-electron chi connectivity index (χ3n) is 2.23. The molecule has 1 aliphatic heterocycles. The van der Waals surface area contributed by atoms with Gasteiger partial charge in [-0.2, -0.15) is 0 Å². The number of rotatable bonds is 4. The Bertz CT molecular complexity index is 297. The van der Waals surface area contributed by atoms with Crippen molar-refractivity contribution >= 4 is 11.9 Å². The fourth-order valence-corrected chi connectivity index (χ4v) is 1.69. The van der Waals surface area contributed by atoms with E-state index in [1.807, 2.05) is 0 Å². The average molecular weight is 271 g/mol. The number of hydrogen-bond acceptors (Lipinski definition) is 5. The lowest BCUT2D eigenvalue weighted by atomic mass is 10.2. The van der Waals surface area contributed by atoms with Crippen LogP contribution in [0.25, 0.3) is 0 Å². The molecule has 0 radical (unpaired) electrons. The topological polar surface area (TPSA) is 83.9 Å². The smallest absolute Gasteiger partial charge is 0.351 e. The largest absolute Gasteiger partial charge is 0.539 e. The van der Waals surface area contributed by atoms with Gasteiger partial charge in [0.1, 0.15) is 0 Å². The van der Waals surface area contributed by atoms with E-state index in [-0.39, 0.29) is 0 Å². The SMILES string of the molecule is CC(C)CN1C=CN(CC(C)C)C1.O=C([O-])C(=O)O. The lowest BCUT2D eigenvalue weighted by molar-refractivity contribution is -0.303. The molecule has 1 N–H and O–H groups in total. The van der Waals surface area contributed by atoms with Crippen LogP contribution in [0.4, 0.5) is 0 Å². The zero-order valence-corrected chi connectivity index (χ0v) is 12.0. The summed E-state index contributed by atoms with van der Waals surface area (Å²) in [6, 6.07) is 0. The monoisotopic (exact) mass is 271 g/mol. The van der Waals surface area contributed by atoms with E-state index in [0.29, 0.717) is 0 Å². The molecule has 6 heteroatoms. The second kappa shape index (κ2) is 8.39. The molecule has 0 aliphatic carbocycles. The van der Waals surface area contributed by atoms with Crippen LogP contribution in [0.2, 0.25) is 0 Å². The Hall–Kier alpha value is -1.72. The first-order valence-corrected chi connectivity index (χ1v) is 6.33. The van der Waals surface area contributed by atoms with Crippen molar-refractivity contribution in [3.63, 3.8) is 0 Å². The van der Waals surface area contributed by atoms with Gasteiger partial charge in [0.2, 0.25) is 0 Å². The molecule has 0 fully saturated rings. The van der Waals surface area contributed by atoms with Gasteiger partial charge in [0, 0.05) is 25.5 Å². The summed E-state index contributed by atoms with van der Waals surface area (Å²) in [5.41, 5.74) is 0. The summed E-state index contributed by atoms with van der Waals surface area (Å²) < 4.78 is 0. The van der Waals surface area contributed by atoms with Gasteiger partial charge in [0.25, 0.3) is 0 Å². The third-order valence-corrected chi connectivity index (χ3v) is 2.23. The van der Waals surface area contributed by atoms with E-state index < -0.39 is 11.9 Å². The van der Waals surface area contributed by atoms with Crippen LogP contribution in [0, 0.1) is 11.8 Å². The van der Waals surface area contributed by atoms with Crippen LogP contribution in [-0.4, -0.2) is 46.6 Å². The summed E-state index contributed by atoms with van der Waals surface area (Å²) in [6.07, 6.45) is 4.42. The molecule has 0 atom stereocenters. The predicted octanol–water partition coefficient (Wildman–Crippen LogP) is 0.166. The highest BCUT2D eigenvalue weighted by Crippen LogP contribution is 2.10. The van der Waals surface area contributed by atoms with Gasteiger partial charge in [0.05, 0.1) is 6.67 Å². The zero-order chi connectivity index (χ0) is 15.0. The van der Waals surface area contributed by atoms with Crippen molar-refractivity contribution in [1.82, 2.24) is 9.80 Å². The fourth-order valence-electron chi connectivity index (χ4n) is 1.69. The summed E-state index contributed by atoms with van der Waals surface area (Å²) in [5, 5.41) is 16.3. The van der Waals surface area contributed by atoms with Gasteiger partial charge >= 0.3 is 5.97 Å². The molecule has 0 amide bonds. The third kappa shape index (κ3) is 8.93. The number of carbonyl (C=O) groups is 2. The molecule has 0 spiro atoms. The molecular formula is C13H23N2O4-. The lowest BCUT2D eigenvalue weighted by Gasteiger charge is -2.23. The molecule has 19 heavy (non-hydrogen) atoms. The first kappa shape index (κ1) is 17.3. The van der Waals surface area contributed by atoms with E-state index in [2.05, 4.69) is 49.9 Å². The van der Waals surface area contributed by atoms with Crippen molar-refractivity contribution in [1.29, 1.82) is 0 Å². The highest BCUT2D eigenvalue weighted by Gasteiger charge is 2.13. The summed E-state index contributed by atoms with van der Waals surface area (Å²) in [4.78, 5) is 22.8. The lowest BCUT2D eigenvalue weighted by Crippen LogP contribution is -2.30. The molecule has 0 aromatic heterocycles. The van der Waals surface area contributed by atoms with Crippen molar-refractivity contribution in [2.45, 2.75) is 27.7 Å². The van der Waals surface area contributed by atoms with E-state index in [1.54, 1.807) is 0 Å². The minimum Gasteiger partial charge on any atom is -0.539 e. The first-order chi connectivity index (χ1) is 8.72. The summed E-state index contributed by atoms with van der Waals surface area (Å²) in [5.74, 6) is -2.50. The molecule has 110 valence electrons. The summed E-state index contributed by atoms with van der Waals surface area (Å²) in [7, 11) is 0. The number of nitrogens with zero attached hydrogens (tertiary/aromatic N) is 2. The number of carbonyl (C=O) groups excluding carboxylic acids is 1. The van der Waals surface area contributed by atoms with Gasteiger partial charge in [-0.05, 0) is 11.8 Å². The summed E-state index contributed by atoms with van der Waals surface area (Å²) in [6.45, 7) is 12.5. The highest BCUT2D eigenvalue weighted by atomic mass is 16.4. The average Bonchev–Trinajstić information content (AvgIpc) is 2.64. The highest BCUT2D eigenvalue weighted by molar-refractivity contribution is 6.26. The minimum atomic E-state index is -2.07. The maximum Gasteiger partial charge on any atom is 0.351 e. The standard InChI is InChI=1S/C11H22N2.C2H2O4/c1-10(2)7-12-5-6-13(9-12)8-11(3)4;3-1(4)2(5)6/h5-6,10-11H,7-9H2,1-4H3;(H,3,4)(H,5,6)/p-1. The molecule has 1 heterocycles. The molecule has 0 aromatic carbocycles. The Morgan fingerprint density at radius 3 is 1.63 bits per heavy atom. The maximum absolute atomic E-state index is 9.04. The van der Waals surface area contributed by atoms with Gasteiger partial charge < -0.3 is 24.8 Å². The first-order valence-electron chi connectivity index (χ1n) is 6.33. The molecule has 1 rings (SSSR count). The fraction of sp³-hybridized carbons (Fsp3) is 0.692. The predicted molar refractivity (Wildman–Crippen MR) is 69.7 cm³/mol. The van der Waals surface area contributed by atoms with Crippen molar-refractivity contribution in [3.8, 4) is 0 Å². The molecule has 0 saturated heterocycles. The zero-order valence-electron chi connectivity index (χ0n) is 12.0. The van der Waals surface area contributed by atoms with Crippen molar-refractivity contribution in [2.24, 2.45) is 11.8 Å². The van der Waals surface area contributed by atoms with Gasteiger partial charge in [-0.25, -0.2) is 4.79 Å².